The first-order valence-corrected chi connectivity index (χ1v) is 21.0. The summed E-state index contributed by atoms with van der Waals surface area (Å²) in [6, 6.07) is 0. The Labute approximate surface area is 320 Å². The molecule has 1 N–H and O–H groups in total. The number of hydrogen-bond donors (Lipinski definition) is 1. The SMILES string of the molecule is CCCCCCCC/C=C\CCCCCCCC(=O)OC(CC)(CC[N+](C)(C)O)OC(=O)CCCCCCC/C=C\CCCCCCCC.[Br-]. The molecule has 0 aliphatic carbocycles. The first-order valence-electron chi connectivity index (χ1n) is 21.0. The standard InChI is InChI=1S/C43H82NO5.BrH/c1-6-9-11-13-15-17-19-21-23-25-27-29-31-33-35-37-41(45)48-43(8-3,39-40-44(4,5)47)49-42(46)38-36-34-32-30-28-26-24-22-20-18-16-14-12-10-7-2;/h21-24,47H,6-20,25-40H2,1-5H3;1H/q+1;/p-1/b23-21-,24-22-;. The molecule has 0 aromatic carbocycles. The van der Waals surface area contributed by atoms with Crippen LogP contribution in [0.15, 0.2) is 24.3 Å². The zero-order chi connectivity index (χ0) is 36.3. The summed E-state index contributed by atoms with van der Waals surface area (Å²) < 4.78 is 11.5. The Balaban J connectivity index is 0. The van der Waals surface area contributed by atoms with Crippen molar-refractivity contribution in [3.8, 4) is 0 Å². The topological polar surface area (TPSA) is 72.8 Å². The molecular weight excluding hydrogens is 690 g/mol. The Hall–Kier alpha value is -1.18. The van der Waals surface area contributed by atoms with Crippen LogP contribution in [-0.4, -0.2) is 48.2 Å². The van der Waals surface area contributed by atoms with E-state index in [1.807, 2.05) is 6.92 Å². The molecule has 296 valence electrons. The van der Waals surface area contributed by atoms with Gasteiger partial charge >= 0.3 is 11.9 Å². The predicted molar refractivity (Wildman–Crippen MR) is 207 cm³/mol. The van der Waals surface area contributed by atoms with Crippen LogP contribution >= 0.6 is 0 Å². The van der Waals surface area contributed by atoms with E-state index in [0.717, 1.165) is 51.4 Å². The van der Waals surface area contributed by atoms with E-state index in [1.165, 1.54) is 116 Å². The molecule has 0 heterocycles. The quantitative estimate of drug-likeness (QED) is 0.0172. The molecule has 0 rings (SSSR count). The monoisotopic (exact) mass is 772 g/mol. The minimum atomic E-state index is -1.32. The number of unbranched alkanes of at least 4 members (excludes halogenated alkanes) is 22. The molecule has 0 saturated heterocycles. The molecule has 50 heavy (non-hydrogen) atoms. The van der Waals surface area contributed by atoms with Gasteiger partial charge in [0.2, 0.25) is 0 Å². The lowest BCUT2D eigenvalue weighted by molar-refractivity contribution is -1.07. The summed E-state index contributed by atoms with van der Waals surface area (Å²) in [6.07, 6.45) is 42.0. The summed E-state index contributed by atoms with van der Waals surface area (Å²) in [5, 5.41) is 10.3. The number of halogens is 1. The number of allylic oxidation sites excluding steroid dienone is 4. The molecule has 0 aliphatic rings. The highest BCUT2D eigenvalue weighted by Gasteiger charge is 2.39. The van der Waals surface area contributed by atoms with Gasteiger partial charge in [-0.2, -0.15) is 4.65 Å². The van der Waals surface area contributed by atoms with E-state index in [2.05, 4.69) is 38.2 Å². The van der Waals surface area contributed by atoms with Gasteiger partial charge in [-0.25, -0.2) is 5.21 Å². The Kier molecular flexibility index (Phi) is 36.9. The number of nitrogens with zero attached hydrogens (tertiary/aromatic N) is 1. The van der Waals surface area contributed by atoms with Crippen LogP contribution in [-0.2, 0) is 19.1 Å². The van der Waals surface area contributed by atoms with E-state index in [4.69, 9.17) is 9.47 Å². The first kappa shape index (κ1) is 50.9. The van der Waals surface area contributed by atoms with Gasteiger partial charge in [0.15, 0.2) is 0 Å². The smallest absolute Gasteiger partial charge is 0.309 e. The van der Waals surface area contributed by atoms with Crippen LogP contribution < -0.4 is 17.0 Å². The summed E-state index contributed by atoms with van der Waals surface area (Å²) in [7, 11) is 3.34. The first-order chi connectivity index (χ1) is 23.7. The molecule has 0 aliphatic heterocycles. The van der Waals surface area contributed by atoms with E-state index in [9.17, 15) is 14.8 Å². The fourth-order valence-electron chi connectivity index (χ4n) is 6.09. The Morgan fingerprint density at radius 2 is 0.820 bits per heavy atom. The third-order valence-electron chi connectivity index (χ3n) is 9.46. The van der Waals surface area contributed by atoms with Crippen molar-refractivity contribution in [3.05, 3.63) is 24.3 Å². The molecule has 0 atom stereocenters. The predicted octanol–water partition coefficient (Wildman–Crippen LogP) is 10.1. The summed E-state index contributed by atoms with van der Waals surface area (Å²) >= 11 is 0. The number of quaternary nitrogens is 1. The minimum Gasteiger partial charge on any atom is -1.00 e. The largest absolute Gasteiger partial charge is 1.00 e. The molecular formula is C43H82BrNO5. The van der Waals surface area contributed by atoms with Crippen LogP contribution in [0.2, 0.25) is 0 Å². The van der Waals surface area contributed by atoms with Crippen molar-refractivity contribution in [2.24, 2.45) is 0 Å². The van der Waals surface area contributed by atoms with Crippen LogP contribution in [0.1, 0.15) is 213 Å². The molecule has 0 bridgehead atoms. The van der Waals surface area contributed by atoms with Gasteiger partial charge in [-0.1, -0.05) is 148 Å². The third-order valence-corrected chi connectivity index (χ3v) is 9.46. The summed E-state index contributed by atoms with van der Waals surface area (Å²) in [5.74, 6) is -1.97. The zero-order valence-corrected chi connectivity index (χ0v) is 35.2. The molecule has 0 aromatic heterocycles. The van der Waals surface area contributed by atoms with Gasteiger partial charge in [-0.3, -0.25) is 9.59 Å². The lowest BCUT2D eigenvalue weighted by atomic mass is 10.1. The second kappa shape index (κ2) is 36.2. The fraction of sp³-hybridized carbons (Fsp3) is 0.860. The van der Waals surface area contributed by atoms with Crippen molar-refractivity contribution in [1.82, 2.24) is 0 Å². The van der Waals surface area contributed by atoms with E-state index in [0.29, 0.717) is 25.8 Å². The lowest BCUT2D eigenvalue weighted by Gasteiger charge is -2.33. The molecule has 0 spiro atoms. The summed E-state index contributed by atoms with van der Waals surface area (Å²) in [6.45, 7) is 6.71. The van der Waals surface area contributed by atoms with Crippen molar-refractivity contribution >= 4 is 11.9 Å². The maximum absolute atomic E-state index is 12.9. The van der Waals surface area contributed by atoms with Gasteiger partial charge in [-0.15, -0.1) is 0 Å². The number of carbonyl (C=O) groups excluding carboxylic acids is 2. The van der Waals surface area contributed by atoms with Crippen molar-refractivity contribution in [2.75, 3.05) is 20.6 Å². The van der Waals surface area contributed by atoms with Crippen LogP contribution in [0.4, 0.5) is 0 Å². The maximum atomic E-state index is 12.9. The van der Waals surface area contributed by atoms with E-state index in [-0.39, 0.29) is 40.0 Å². The van der Waals surface area contributed by atoms with E-state index in [1.54, 1.807) is 14.1 Å². The molecule has 0 amide bonds. The molecule has 0 radical (unpaired) electrons. The van der Waals surface area contributed by atoms with E-state index >= 15 is 0 Å². The number of hydroxylamine groups is 3. The van der Waals surface area contributed by atoms with Gasteiger partial charge in [-0.05, 0) is 64.2 Å². The van der Waals surface area contributed by atoms with Crippen molar-refractivity contribution < 1.29 is 45.9 Å². The fourth-order valence-corrected chi connectivity index (χ4v) is 6.09. The summed E-state index contributed by atoms with van der Waals surface area (Å²) in [5.41, 5.74) is 0. The zero-order valence-electron chi connectivity index (χ0n) is 33.6. The molecule has 0 unspecified atom stereocenters. The molecule has 0 fully saturated rings. The van der Waals surface area contributed by atoms with E-state index < -0.39 is 5.79 Å². The highest BCUT2D eigenvalue weighted by atomic mass is 79.9. The van der Waals surface area contributed by atoms with Crippen molar-refractivity contribution in [1.29, 1.82) is 0 Å². The second-order valence-corrected chi connectivity index (χ2v) is 15.0. The highest BCUT2D eigenvalue weighted by molar-refractivity contribution is 5.72. The van der Waals surface area contributed by atoms with Gasteiger partial charge < -0.3 is 26.5 Å². The van der Waals surface area contributed by atoms with Crippen molar-refractivity contribution in [3.63, 3.8) is 0 Å². The molecule has 0 saturated carbocycles. The minimum absolute atomic E-state index is 0. The molecule has 6 nitrogen and oxygen atoms in total. The lowest BCUT2D eigenvalue weighted by Crippen LogP contribution is -3.00. The molecule has 7 heteroatoms. The average molecular weight is 773 g/mol. The Bertz CT molecular complexity index is 769. The van der Waals surface area contributed by atoms with Crippen LogP contribution in [0.3, 0.4) is 0 Å². The second-order valence-electron chi connectivity index (χ2n) is 15.0. The van der Waals surface area contributed by atoms with Gasteiger partial charge in [0.25, 0.3) is 5.79 Å². The number of ether oxygens (including phenoxy) is 2. The van der Waals surface area contributed by atoms with Crippen LogP contribution in [0, 0.1) is 0 Å². The van der Waals surface area contributed by atoms with Crippen LogP contribution in [0.25, 0.3) is 0 Å². The number of rotatable bonds is 36. The number of hydrogen-bond acceptors (Lipinski definition) is 5. The maximum Gasteiger partial charge on any atom is 0.309 e. The number of esters is 2. The number of carbonyl (C=O) groups is 2. The van der Waals surface area contributed by atoms with Crippen LogP contribution in [0.5, 0.6) is 0 Å². The van der Waals surface area contributed by atoms with Gasteiger partial charge in [0, 0.05) is 19.3 Å². The third kappa shape index (κ3) is 35.2. The average Bonchev–Trinajstić information content (AvgIpc) is 3.06. The normalized spacial score (nSPS) is 12.1. The Morgan fingerprint density at radius 1 is 0.520 bits per heavy atom. The highest BCUT2D eigenvalue weighted by Crippen LogP contribution is 2.26. The molecule has 0 aromatic rings. The summed E-state index contributed by atoms with van der Waals surface area (Å²) in [4.78, 5) is 25.7. The van der Waals surface area contributed by atoms with Gasteiger partial charge in [0.1, 0.15) is 6.54 Å². The Morgan fingerprint density at radius 3 is 1.12 bits per heavy atom. The van der Waals surface area contributed by atoms with Gasteiger partial charge in [0.05, 0.1) is 20.5 Å². The van der Waals surface area contributed by atoms with Crippen molar-refractivity contribution in [2.45, 2.75) is 219 Å².